The lowest BCUT2D eigenvalue weighted by Gasteiger charge is -2.08. The zero-order valence-electron chi connectivity index (χ0n) is 6.88. The molecule has 3 nitrogen and oxygen atoms in total. The molecule has 1 rings (SSSR count). The van der Waals surface area contributed by atoms with Crippen LogP contribution in [-0.2, 0) is 0 Å². The molecule has 0 spiro atoms. The highest BCUT2D eigenvalue weighted by atomic mass is 35.5. The molecule has 0 atom stereocenters. The molecule has 1 aromatic rings. The van der Waals surface area contributed by atoms with Crippen LogP contribution in [0.2, 0.25) is 10.0 Å². The highest BCUT2D eigenvalue weighted by molar-refractivity contribution is 6.43. The van der Waals surface area contributed by atoms with E-state index in [-0.39, 0.29) is 5.02 Å². The maximum absolute atomic E-state index is 8.53. The van der Waals surface area contributed by atoms with Gasteiger partial charge in [-0.05, 0) is 0 Å². The van der Waals surface area contributed by atoms with Crippen LogP contribution in [0.15, 0.2) is 12.1 Å². The summed E-state index contributed by atoms with van der Waals surface area (Å²) < 4.78 is 9.75. The standard InChI is InChI=1S/C7H7BCl2O3/c1-12-4-2-5(9)7(10)6(3-4)13-8-11/h2-3,8,11H,1H3. The summed E-state index contributed by atoms with van der Waals surface area (Å²) in [6, 6.07) is 3.11. The van der Waals surface area contributed by atoms with Crippen molar-refractivity contribution in [2.75, 3.05) is 7.11 Å². The molecule has 0 aliphatic rings. The van der Waals surface area contributed by atoms with Gasteiger partial charge in [0, 0.05) is 12.1 Å². The maximum Gasteiger partial charge on any atom is 0.504 e. The molecule has 0 saturated heterocycles. The Kier molecular flexibility index (Phi) is 3.72. The summed E-state index contributed by atoms with van der Waals surface area (Å²) in [5.74, 6) is 0.825. The van der Waals surface area contributed by atoms with E-state index in [0.29, 0.717) is 16.5 Å². The largest absolute Gasteiger partial charge is 0.538 e. The second-order valence-corrected chi connectivity index (χ2v) is 2.98. The molecule has 6 heteroatoms. The number of benzene rings is 1. The van der Waals surface area contributed by atoms with Crippen LogP contribution in [0.5, 0.6) is 11.5 Å². The van der Waals surface area contributed by atoms with Crippen molar-refractivity contribution in [1.29, 1.82) is 0 Å². The zero-order chi connectivity index (χ0) is 9.84. The van der Waals surface area contributed by atoms with Crippen molar-refractivity contribution in [3.63, 3.8) is 0 Å². The Balaban J connectivity index is 3.09. The number of methoxy groups -OCH3 is 1. The summed E-state index contributed by atoms with van der Waals surface area (Å²) in [7, 11) is 1.05. The SMILES string of the molecule is COc1cc(Cl)c(Cl)c(OBO)c1. The predicted molar refractivity (Wildman–Crippen MR) is 53.0 cm³/mol. The molecule has 0 heterocycles. The van der Waals surface area contributed by atoms with Crippen LogP contribution in [-0.4, -0.2) is 19.8 Å². The predicted octanol–water partition coefficient (Wildman–Crippen LogP) is 1.64. The summed E-state index contributed by atoms with van der Waals surface area (Å²) >= 11 is 11.5. The van der Waals surface area contributed by atoms with E-state index in [1.54, 1.807) is 12.1 Å². The number of rotatable bonds is 3. The van der Waals surface area contributed by atoms with Crippen LogP contribution >= 0.6 is 23.2 Å². The lowest BCUT2D eigenvalue weighted by molar-refractivity contribution is 0.409. The first-order valence-corrected chi connectivity index (χ1v) is 4.21. The van der Waals surface area contributed by atoms with Crippen molar-refractivity contribution in [2.45, 2.75) is 0 Å². The van der Waals surface area contributed by atoms with Crippen molar-refractivity contribution < 1.29 is 14.4 Å². The Hall–Kier alpha value is -0.575. The molecular weight excluding hydrogens is 214 g/mol. The van der Waals surface area contributed by atoms with Gasteiger partial charge in [-0.25, -0.2) is 0 Å². The van der Waals surface area contributed by atoms with E-state index in [2.05, 4.69) is 0 Å². The molecule has 0 fully saturated rings. The number of halogens is 2. The highest BCUT2D eigenvalue weighted by Crippen LogP contribution is 2.35. The molecule has 0 unspecified atom stereocenters. The van der Waals surface area contributed by atoms with Crippen molar-refractivity contribution in [3.05, 3.63) is 22.2 Å². The van der Waals surface area contributed by atoms with Gasteiger partial charge in [0.15, 0.2) is 0 Å². The highest BCUT2D eigenvalue weighted by Gasteiger charge is 2.08. The first-order chi connectivity index (χ1) is 6.19. The Labute approximate surface area is 86.5 Å². The molecule has 1 aromatic carbocycles. The van der Waals surface area contributed by atoms with Crippen molar-refractivity contribution in [3.8, 4) is 11.5 Å². The van der Waals surface area contributed by atoms with Gasteiger partial charge in [-0.2, -0.15) is 0 Å². The van der Waals surface area contributed by atoms with Gasteiger partial charge < -0.3 is 14.4 Å². The van der Waals surface area contributed by atoms with E-state index in [9.17, 15) is 0 Å². The van der Waals surface area contributed by atoms with Crippen molar-refractivity contribution >= 4 is 30.9 Å². The quantitative estimate of drug-likeness (QED) is 0.788. The molecule has 1 N–H and O–H groups in total. The number of hydrogen-bond donors (Lipinski definition) is 1. The molecular formula is C7H7BCl2O3. The van der Waals surface area contributed by atoms with Crippen LogP contribution in [0.4, 0.5) is 0 Å². The van der Waals surface area contributed by atoms with Crippen LogP contribution in [0.3, 0.4) is 0 Å². The van der Waals surface area contributed by atoms with E-state index in [0.717, 1.165) is 0 Å². The minimum absolute atomic E-state index is 0.261. The fraction of sp³-hybridized carbons (Fsp3) is 0.143. The summed E-state index contributed by atoms with van der Waals surface area (Å²) in [6.07, 6.45) is 0. The Morgan fingerprint density at radius 2 is 2.08 bits per heavy atom. The monoisotopic (exact) mass is 220 g/mol. The fourth-order valence-electron chi connectivity index (χ4n) is 0.833. The van der Waals surface area contributed by atoms with Gasteiger partial charge in [-0.3, -0.25) is 0 Å². The molecule has 0 aromatic heterocycles. The second-order valence-electron chi connectivity index (χ2n) is 2.19. The lowest BCUT2D eigenvalue weighted by Crippen LogP contribution is -2.00. The Morgan fingerprint density at radius 1 is 1.38 bits per heavy atom. The van der Waals surface area contributed by atoms with Crippen LogP contribution in [0.25, 0.3) is 0 Å². The molecule has 0 aliphatic heterocycles. The lowest BCUT2D eigenvalue weighted by atomic mass is 10.3. The summed E-state index contributed by atoms with van der Waals surface area (Å²) in [5, 5.41) is 9.12. The average molecular weight is 221 g/mol. The minimum atomic E-state index is -0.455. The van der Waals surface area contributed by atoms with Gasteiger partial charge in [0.05, 0.1) is 17.2 Å². The number of ether oxygens (including phenoxy) is 1. The van der Waals surface area contributed by atoms with Crippen molar-refractivity contribution in [2.24, 2.45) is 0 Å². The van der Waals surface area contributed by atoms with Gasteiger partial charge in [-0.1, -0.05) is 23.2 Å². The molecule has 0 amide bonds. The van der Waals surface area contributed by atoms with Crippen molar-refractivity contribution in [1.82, 2.24) is 0 Å². The van der Waals surface area contributed by atoms with Crippen LogP contribution < -0.4 is 9.39 Å². The smallest absolute Gasteiger partial charge is 0.504 e. The summed E-state index contributed by atoms with van der Waals surface area (Å²) in [4.78, 5) is 0. The van der Waals surface area contributed by atoms with Crippen LogP contribution in [0, 0.1) is 0 Å². The molecule has 0 bridgehead atoms. The third-order valence-corrected chi connectivity index (χ3v) is 2.21. The van der Waals surface area contributed by atoms with E-state index in [1.165, 1.54) is 7.11 Å². The summed E-state index contributed by atoms with van der Waals surface area (Å²) in [5.41, 5.74) is 0. The van der Waals surface area contributed by atoms with Gasteiger partial charge in [0.25, 0.3) is 0 Å². The van der Waals surface area contributed by atoms with E-state index in [4.69, 9.17) is 37.6 Å². The molecule has 0 saturated carbocycles. The fourth-order valence-corrected chi connectivity index (χ4v) is 1.20. The molecule has 13 heavy (non-hydrogen) atoms. The third-order valence-electron chi connectivity index (χ3n) is 1.42. The second kappa shape index (κ2) is 4.60. The van der Waals surface area contributed by atoms with Crippen LogP contribution in [0.1, 0.15) is 0 Å². The minimum Gasteiger partial charge on any atom is -0.538 e. The van der Waals surface area contributed by atoms with E-state index >= 15 is 0 Å². The van der Waals surface area contributed by atoms with Gasteiger partial charge in [-0.15, -0.1) is 0 Å². The number of hydrogen-bond acceptors (Lipinski definition) is 3. The van der Waals surface area contributed by atoms with Gasteiger partial charge in [0.1, 0.15) is 11.5 Å². The molecule has 0 radical (unpaired) electrons. The molecule has 70 valence electrons. The zero-order valence-corrected chi connectivity index (χ0v) is 8.39. The van der Waals surface area contributed by atoms with E-state index in [1.807, 2.05) is 0 Å². The van der Waals surface area contributed by atoms with Gasteiger partial charge in [0.2, 0.25) is 0 Å². The first kappa shape index (κ1) is 10.5. The maximum atomic E-state index is 8.53. The normalized spacial score (nSPS) is 9.54. The summed E-state index contributed by atoms with van der Waals surface area (Å²) in [6.45, 7) is 0. The third kappa shape index (κ3) is 2.43. The Bertz CT molecular complexity index is 306. The van der Waals surface area contributed by atoms with E-state index < -0.39 is 7.69 Å². The Morgan fingerprint density at radius 3 is 2.62 bits per heavy atom. The topological polar surface area (TPSA) is 38.7 Å². The first-order valence-electron chi connectivity index (χ1n) is 3.45. The molecule has 0 aliphatic carbocycles. The average Bonchev–Trinajstić information content (AvgIpc) is 2.13. The van der Waals surface area contributed by atoms with Gasteiger partial charge >= 0.3 is 7.69 Å².